The topological polar surface area (TPSA) is 53.0 Å². The van der Waals surface area contributed by atoms with Crippen LogP contribution in [0.1, 0.15) is 52.9 Å². The van der Waals surface area contributed by atoms with Crippen LogP contribution in [0.4, 0.5) is 0 Å². The Kier molecular flexibility index (Phi) is 7.94. The summed E-state index contributed by atoms with van der Waals surface area (Å²) in [5.74, 6) is 1.13. The highest BCUT2D eigenvalue weighted by Gasteiger charge is 2.44. The number of β-amino-alcohol motifs (C(OH)–C–C–N with tert-alkyl or cyclic N) is 1. The van der Waals surface area contributed by atoms with Crippen LogP contribution in [0.25, 0.3) is 0 Å². The molecule has 0 unspecified atom stereocenters. The number of amides is 1. The van der Waals surface area contributed by atoms with Crippen LogP contribution in [0, 0.1) is 11.8 Å². The molecule has 0 aromatic rings. The molecule has 5 heteroatoms. The summed E-state index contributed by atoms with van der Waals surface area (Å²) in [6.07, 6.45) is 13.9. The smallest absolute Gasteiger partial charge is 0.242 e. The lowest BCUT2D eigenvalue weighted by Gasteiger charge is -2.50. The fourth-order valence-electron chi connectivity index (χ4n) is 5.55. The van der Waals surface area contributed by atoms with Crippen LogP contribution in [0.3, 0.4) is 0 Å². The highest BCUT2D eigenvalue weighted by molar-refractivity contribution is 5.82. The molecule has 1 amide bonds. The summed E-state index contributed by atoms with van der Waals surface area (Å²) in [7, 11) is 0. The SMILES string of the molecule is C=C(/C=C\C=C/C)[C@H]1CCN(C(=O)[C@@H]2COCCN2CC(C)(C)O)[C@@H]2CCCC[C@H]12. The highest BCUT2D eigenvalue weighted by Crippen LogP contribution is 2.42. The van der Waals surface area contributed by atoms with Gasteiger partial charge in [-0.25, -0.2) is 0 Å². The van der Waals surface area contributed by atoms with E-state index >= 15 is 0 Å². The minimum Gasteiger partial charge on any atom is -0.389 e. The van der Waals surface area contributed by atoms with Crippen LogP contribution in [0.2, 0.25) is 0 Å². The summed E-state index contributed by atoms with van der Waals surface area (Å²) in [6.45, 7) is 13.0. The minimum absolute atomic E-state index is 0.185. The normalized spacial score (nSPS) is 31.3. The molecule has 2 saturated heterocycles. The van der Waals surface area contributed by atoms with Gasteiger partial charge in [0.1, 0.15) is 6.04 Å². The molecular weight excluding hydrogens is 376 g/mol. The van der Waals surface area contributed by atoms with Gasteiger partial charge in [-0.2, -0.15) is 0 Å². The number of carbonyl (C=O) groups excluding carboxylic acids is 1. The number of hydrogen-bond donors (Lipinski definition) is 1. The number of rotatable bonds is 6. The van der Waals surface area contributed by atoms with Gasteiger partial charge in [-0.05, 0) is 51.9 Å². The largest absolute Gasteiger partial charge is 0.389 e. The molecule has 4 atom stereocenters. The van der Waals surface area contributed by atoms with E-state index in [9.17, 15) is 9.90 Å². The minimum atomic E-state index is -0.826. The Morgan fingerprint density at radius 3 is 2.70 bits per heavy atom. The van der Waals surface area contributed by atoms with Crippen LogP contribution in [0.15, 0.2) is 36.5 Å². The summed E-state index contributed by atoms with van der Waals surface area (Å²) < 4.78 is 5.69. The van der Waals surface area contributed by atoms with Crippen molar-refractivity contribution in [2.75, 3.05) is 32.8 Å². The predicted octanol–water partition coefficient (Wildman–Crippen LogP) is 3.55. The van der Waals surface area contributed by atoms with Gasteiger partial charge in [0, 0.05) is 25.7 Å². The van der Waals surface area contributed by atoms with E-state index in [0.29, 0.717) is 44.2 Å². The maximum Gasteiger partial charge on any atom is 0.242 e. The van der Waals surface area contributed by atoms with Crippen molar-refractivity contribution in [3.05, 3.63) is 36.5 Å². The first-order valence-electron chi connectivity index (χ1n) is 11.6. The van der Waals surface area contributed by atoms with E-state index in [4.69, 9.17) is 4.74 Å². The molecule has 0 aromatic heterocycles. The number of hydrogen-bond acceptors (Lipinski definition) is 4. The average molecular weight is 417 g/mol. The zero-order valence-electron chi connectivity index (χ0n) is 19.1. The van der Waals surface area contributed by atoms with Crippen LogP contribution in [-0.2, 0) is 9.53 Å². The molecule has 0 bridgehead atoms. The predicted molar refractivity (Wildman–Crippen MR) is 121 cm³/mol. The van der Waals surface area contributed by atoms with Crippen LogP contribution >= 0.6 is 0 Å². The molecule has 0 spiro atoms. The van der Waals surface area contributed by atoms with E-state index in [1.807, 2.05) is 19.1 Å². The average Bonchev–Trinajstić information content (AvgIpc) is 2.72. The Bertz CT molecular complexity index is 664. The molecule has 2 heterocycles. The molecular formula is C25H40N2O3. The number of carbonyl (C=O) groups is 1. The van der Waals surface area contributed by atoms with E-state index < -0.39 is 5.60 Å². The fourth-order valence-corrected chi connectivity index (χ4v) is 5.55. The van der Waals surface area contributed by atoms with Crippen molar-refractivity contribution in [3.63, 3.8) is 0 Å². The first-order chi connectivity index (χ1) is 14.3. The van der Waals surface area contributed by atoms with Gasteiger partial charge in [0.25, 0.3) is 0 Å². The van der Waals surface area contributed by atoms with E-state index in [1.165, 1.54) is 24.8 Å². The van der Waals surface area contributed by atoms with Crippen molar-refractivity contribution in [1.82, 2.24) is 9.80 Å². The monoisotopic (exact) mass is 416 g/mol. The van der Waals surface area contributed by atoms with Crippen molar-refractivity contribution in [2.45, 2.75) is 70.6 Å². The molecule has 168 valence electrons. The summed E-state index contributed by atoms with van der Waals surface area (Å²) in [4.78, 5) is 17.9. The first-order valence-corrected chi connectivity index (χ1v) is 11.6. The van der Waals surface area contributed by atoms with Gasteiger partial charge in [0.2, 0.25) is 5.91 Å². The van der Waals surface area contributed by atoms with Crippen molar-refractivity contribution in [3.8, 4) is 0 Å². The fraction of sp³-hybridized carbons (Fsp3) is 0.720. The van der Waals surface area contributed by atoms with Gasteiger partial charge in [-0.1, -0.05) is 49.3 Å². The van der Waals surface area contributed by atoms with Gasteiger partial charge in [0.15, 0.2) is 0 Å². The van der Waals surface area contributed by atoms with Gasteiger partial charge >= 0.3 is 0 Å². The first kappa shape index (κ1) is 23.2. The van der Waals surface area contributed by atoms with Gasteiger partial charge < -0.3 is 14.7 Å². The Morgan fingerprint density at radius 1 is 1.20 bits per heavy atom. The van der Waals surface area contributed by atoms with E-state index in [1.54, 1.807) is 13.8 Å². The lowest BCUT2D eigenvalue weighted by atomic mass is 9.69. The van der Waals surface area contributed by atoms with Gasteiger partial charge in [0.05, 0.1) is 18.8 Å². The molecule has 30 heavy (non-hydrogen) atoms. The Labute approximate surface area is 182 Å². The number of likely N-dealkylation sites (tertiary alicyclic amines) is 1. The molecule has 1 aliphatic carbocycles. The van der Waals surface area contributed by atoms with Crippen molar-refractivity contribution < 1.29 is 14.6 Å². The van der Waals surface area contributed by atoms with Gasteiger partial charge in [-0.3, -0.25) is 9.69 Å². The number of fused-ring (bicyclic) bond motifs is 1. The maximum atomic E-state index is 13.7. The lowest BCUT2D eigenvalue weighted by Crippen LogP contribution is -2.62. The summed E-state index contributed by atoms with van der Waals surface area (Å²) in [5.41, 5.74) is 0.370. The molecule has 3 aliphatic rings. The number of morpholine rings is 1. The summed E-state index contributed by atoms with van der Waals surface area (Å²) in [5, 5.41) is 10.3. The zero-order valence-corrected chi connectivity index (χ0v) is 19.1. The highest BCUT2D eigenvalue weighted by atomic mass is 16.5. The molecule has 1 saturated carbocycles. The van der Waals surface area contributed by atoms with Gasteiger partial charge in [-0.15, -0.1) is 0 Å². The molecule has 2 aliphatic heterocycles. The molecule has 3 fully saturated rings. The number of ether oxygens (including phenoxy) is 1. The number of allylic oxidation sites excluding steroid dienone is 5. The Hall–Kier alpha value is -1.43. The second kappa shape index (κ2) is 10.3. The molecule has 3 rings (SSSR count). The molecule has 0 aromatic carbocycles. The third-order valence-electron chi connectivity index (χ3n) is 6.87. The summed E-state index contributed by atoms with van der Waals surface area (Å²) in [6, 6.07) is 0.00451. The molecule has 5 nitrogen and oxygen atoms in total. The maximum absolute atomic E-state index is 13.7. The van der Waals surface area contributed by atoms with Crippen LogP contribution in [0.5, 0.6) is 0 Å². The Balaban J connectivity index is 1.74. The van der Waals surface area contributed by atoms with E-state index in [-0.39, 0.29) is 11.9 Å². The number of aliphatic hydroxyl groups is 1. The lowest BCUT2D eigenvalue weighted by molar-refractivity contribution is -0.152. The third-order valence-corrected chi connectivity index (χ3v) is 6.87. The van der Waals surface area contributed by atoms with E-state index in [0.717, 1.165) is 19.4 Å². The quantitative estimate of drug-likeness (QED) is 0.673. The van der Waals surface area contributed by atoms with Crippen LogP contribution in [-0.4, -0.2) is 71.3 Å². The zero-order chi connectivity index (χ0) is 21.7. The van der Waals surface area contributed by atoms with Crippen LogP contribution < -0.4 is 0 Å². The second-order valence-electron chi connectivity index (χ2n) is 9.78. The molecule has 0 radical (unpaired) electrons. The van der Waals surface area contributed by atoms with Crippen molar-refractivity contribution in [1.29, 1.82) is 0 Å². The second-order valence-corrected chi connectivity index (χ2v) is 9.78. The standard InChI is InChI=1S/C25H40N2O3/c1-5-6-7-10-19(2)20-13-14-27(22-12-9-8-11-21(20)22)24(28)23-17-30-16-15-26(23)18-25(3,4)29/h5-7,10,20-23,29H,2,8-9,11-18H2,1,3-4H3/b6-5-,10-7-/t20-,21-,22-,23+/m1/s1. The molecule has 1 N–H and O–H groups in total. The summed E-state index contributed by atoms with van der Waals surface area (Å²) >= 11 is 0. The number of nitrogens with zero attached hydrogens (tertiary/aromatic N) is 2. The van der Waals surface area contributed by atoms with Crippen molar-refractivity contribution >= 4 is 5.91 Å². The third kappa shape index (κ3) is 5.63. The Morgan fingerprint density at radius 2 is 1.97 bits per heavy atom. The van der Waals surface area contributed by atoms with E-state index in [2.05, 4.69) is 28.5 Å². The van der Waals surface area contributed by atoms with Crippen molar-refractivity contribution in [2.24, 2.45) is 11.8 Å². The number of piperidine rings is 1.